The standard InChI is InChI=1S/C13H15NO3/c1-3-11-10(8-15)5-4-9(12(11)7-14)6-13(16)17-2/h4-5,15H,3,6,8H2,1-2H3. The highest BCUT2D eigenvalue weighted by atomic mass is 16.5. The molecule has 0 aromatic heterocycles. The molecule has 17 heavy (non-hydrogen) atoms. The van der Waals surface area contributed by atoms with Gasteiger partial charge < -0.3 is 9.84 Å². The third kappa shape index (κ3) is 2.83. The number of benzene rings is 1. The van der Waals surface area contributed by atoms with Crippen molar-refractivity contribution in [2.45, 2.75) is 26.4 Å². The van der Waals surface area contributed by atoms with Gasteiger partial charge in [0.2, 0.25) is 0 Å². The molecule has 0 heterocycles. The second kappa shape index (κ2) is 6.02. The lowest BCUT2D eigenvalue weighted by Crippen LogP contribution is -2.08. The van der Waals surface area contributed by atoms with Gasteiger partial charge >= 0.3 is 5.97 Å². The van der Waals surface area contributed by atoms with Crippen LogP contribution in [0.5, 0.6) is 0 Å². The SMILES string of the molecule is CCc1c(CO)ccc(CC(=O)OC)c1C#N. The van der Waals surface area contributed by atoms with Crippen LogP contribution >= 0.6 is 0 Å². The van der Waals surface area contributed by atoms with Gasteiger partial charge in [-0.15, -0.1) is 0 Å². The van der Waals surface area contributed by atoms with E-state index in [-0.39, 0.29) is 19.0 Å². The molecule has 0 aliphatic carbocycles. The summed E-state index contributed by atoms with van der Waals surface area (Å²) in [6.45, 7) is 1.81. The molecular formula is C13H15NO3. The first kappa shape index (κ1) is 13.2. The van der Waals surface area contributed by atoms with Crippen LogP contribution in [0.2, 0.25) is 0 Å². The van der Waals surface area contributed by atoms with Crippen LogP contribution in [0.25, 0.3) is 0 Å². The van der Waals surface area contributed by atoms with Gasteiger partial charge in [-0.1, -0.05) is 19.1 Å². The summed E-state index contributed by atoms with van der Waals surface area (Å²) >= 11 is 0. The number of rotatable bonds is 4. The van der Waals surface area contributed by atoms with E-state index < -0.39 is 0 Å². The molecule has 90 valence electrons. The lowest BCUT2D eigenvalue weighted by Gasteiger charge is -2.11. The van der Waals surface area contributed by atoms with Crippen molar-refractivity contribution in [2.24, 2.45) is 0 Å². The Kier molecular flexibility index (Phi) is 4.68. The van der Waals surface area contributed by atoms with Crippen LogP contribution in [0.4, 0.5) is 0 Å². The zero-order chi connectivity index (χ0) is 12.8. The molecule has 1 aromatic carbocycles. The fourth-order valence-electron chi connectivity index (χ4n) is 1.81. The Bertz CT molecular complexity index is 460. The highest BCUT2D eigenvalue weighted by Crippen LogP contribution is 2.20. The zero-order valence-electron chi connectivity index (χ0n) is 9.99. The second-order valence-electron chi connectivity index (χ2n) is 3.61. The zero-order valence-corrected chi connectivity index (χ0v) is 9.99. The van der Waals surface area contributed by atoms with E-state index >= 15 is 0 Å². The Hall–Kier alpha value is -1.86. The minimum atomic E-state index is -0.375. The van der Waals surface area contributed by atoms with E-state index in [0.29, 0.717) is 17.5 Å². The lowest BCUT2D eigenvalue weighted by molar-refractivity contribution is -0.139. The van der Waals surface area contributed by atoms with Gasteiger partial charge in [0.15, 0.2) is 0 Å². The minimum absolute atomic E-state index is 0.0815. The summed E-state index contributed by atoms with van der Waals surface area (Å²) in [5, 5.41) is 18.3. The number of ether oxygens (including phenoxy) is 1. The average molecular weight is 233 g/mol. The Morgan fingerprint density at radius 2 is 2.12 bits per heavy atom. The molecule has 0 aliphatic rings. The smallest absolute Gasteiger partial charge is 0.310 e. The molecule has 4 heteroatoms. The molecule has 0 atom stereocenters. The number of methoxy groups -OCH3 is 1. The molecule has 0 spiro atoms. The quantitative estimate of drug-likeness (QED) is 0.796. The minimum Gasteiger partial charge on any atom is -0.469 e. The van der Waals surface area contributed by atoms with E-state index in [4.69, 9.17) is 5.26 Å². The molecule has 1 N–H and O–H groups in total. The van der Waals surface area contributed by atoms with Gasteiger partial charge in [-0.05, 0) is 23.1 Å². The van der Waals surface area contributed by atoms with E-state index in [1.807, 2.05) is 6.92 Å². The number of aliphatic hydroxyl groups excluding tert-OH is 1. The van der Waals surface area contributed by atoms with Crippen LogP contribution < -0.4 is 0 Å². The summed E-state index contributed by atoms with van der Waals surface area (Å²) in [6.07, 6.45) is 0.728. The van der Waals surface area contributed by atoms with Gasteiger partial charge in [0.1, 0.15) is 0 Å². The maximum atomic E-state index is 11.2. The monoisotopic (exact) mass is 233 g/mol. The summed E-state index contributed by atoms with van der Waals surface area (Å²) < 4.78 is 4.59. The number of hydrogen-bond donors (Lipinski definition) is 1. The van der Waals surface area contributed by atoms with Gasteiger partial charge in [-0.25, -0.2) is 0 Å². The Balaban J connectivity index is 3.24. The van der Waals surface area contributed by atoms with Crippen molar-refractivity contribution in [3.05, 3.63) is 34.4 Å². The highest BCUT2D eigenvalue weighted by molar-refractivity contribution is 5.74. The third-order valence-corrected chi connectivity index (χ3v) is 2.69. The predicted molar refractivity (Wildman–Crippen MR) is 62.2 cm³/mol. The normalized spacial score (nSPS) is 9.76. The van der Waals surface area contributed by atoms with Crippen molar-refractivity contribution in [1.29, 1.82) is 5.26 Å². The summed E-state index contributed by atoms with van der Waals surface area (Å²) in [7, 11) is 1.32. The largest absolute Gasteiger partial charge is 0.469 e. The van der Waals surface area contributed by atoms with Crippen LogP contribution in [-0.2, 0) is 29.0 Å². The molecule has 1 aromatic rings. The molecule has 0 radical (unpaired) electrons. The van der Waals surface area contributed by atoms with E-state index in [1.165, 1.54) is 7.11 Å². The number of nitriles is 1. The molecule has 0 saturated carbocycles. The van der Waals surface area contributed by atoms with Crippen molar-refractivity contribution in [3.63, 3.8) is 0 Å². The third-order valence-electron chi connectivity index (χ3n) is 2.69. The van der Waals surface area contributed by atoms with Crippen LogP contribution in [0.15, 0.2) is 12.1 Å². The Labute approximate surface area is 100 Å². The number of esters is 1. The predicted octanol–water partition coefficient (Wildman–Crippen LogP) is 1.33. The van der Waals surface area contributed by atoms with Gasteiger partial charge in [-0.2, -0.15) is 5.26 Å². The molecular weight excluding hydrogens is 218 g/mol. The Morgan fingerprint density at radius 3 is 2.59 bits per heavy atom. The van der Waals surface area contributed by atoms with Gasteiger partial charge in [-0.3, -0.25) is 4.79 Å². The summed E-state index contributed by atoms with van der Waals surface area (Å²) in [6, 6.07) is 5.54. The molecule has 0 amide bonds. The fourth-order valence-corrected chi connectivity index (χ4v) is 1.81. The molecule has 0 aliphatic heterocycles. The molecule has 0 unspecified atom stereocenters. The van der Waals surface area contributed by atoms with E-state index in [1.54, 1.807) is 12.1 Å². The summed E-state index contributed by atoms with van der Waals surface area (Å²) in [5.74, 6) is -0.375. The maximum absolute atomic E-state index is 11.2. The van der Waals surface area contributed by atoms with Crippen LogP contribution in [0.1, 0.15) is 29.2 Å². The first-order chi connectivity index (χ1) is 8.17. The average Bonchev–Trinajstić information content (AvgIpc) is 2.37. The van der Waals surface area contributed by atoms with Crippen molar-refractivity contribution >= 4 is 5.97 Å². The van der Waals surface area contributed by atoms with Crippen molar-refractivity contribution in [1.82, 2.24) is 0 Å². The Morgan fingerprint density at radius 1 is 1.47 bits per heavy atom. The molecule has 4 nitrogen and oxygen atoms in total. The maximum Gasteiger partial charge on any atom is 0.310 e. The van der Waals surface area contributed by atoms with Gasteiger partial charge in [0.05, 0.1) is 31.8 Å². The van der Waals surface area contributed by atoms with E-state index in [0.717, 1.165) is 11.1 Å². The second-order valence-corrected chi connectivity index (χ2v) is 3.61. The topological polar surface area (TPSA) is 70.3 Å². The van der Waals surface area contributed by atoms with Crippen LogP contribution in [-0.4, -0.2) is 18.2 Å². The van der Waals surface area contributed by atoms with Crippen LogP contribution in [0, 0.1) is 11.3 Å². The number of hydrogen-bond acceptors (Lipinski definition) is 4. The van der Waals surface area contributed by atoms with Crippen LogP contribution in [0.3, 0.4) is 0 Å². The first-order valence-electron chi connectivity index (χ1n) is 5.39. The van der Waals surface area contributed by atoms with Gasteiger partial charge in [0, 0.05) is 0 Å². The fraction of sp³-hybridized carbons (Fsp3) is 0.385. The lowest BCUT2D eigenvalue weighted by atomic mass is 9.93. The molecule has 0 fully saturated rings. The summed E-state index contributed by atoms with van der Waals surface area (Å²) in [4.78, 5) is 11.2. The number of carbonyl (C=O) groups is 1. The van der Waals surface area contributed by atoms with Crippen molar-refractivity contribution in [3.8, 4) is 6.07 Å². The number of nitrogens with zero attached hydrogens (tertiary/aromatic N) is 1. The van der Waals surface area contributed by atoms with Crippen molar-refractivity contribution in [2.75, 3.05) is 7.11 Å². The highest BCUT2D eigenvalue weighted by Gasteiger charge is 2.14. The molecule has 0 bridgehead atoms. The van der Waals surface area contributed by atoms with E-state index in [9.17, 15) is 9.90 Å². The molecule has 0 saturated heterocycles. The number of carbonyl (C=O) groups excluding carboxylic acids is 1. The first-order valence-corrected chi connectivity index (χ1v) is 5.39. The van der Waals surface area contributed by atoms with E-state index in [2.05, 4.69) is 10.8 Å². The molecule has 1 rings (SSSR count). The number of aliphatic hydroxyl groups is 1. The van der Waals surface area contributed by atoms with Gasteiger partial charge in [0.25, 0.3) is 0 Å². The summed E-state index contributed by atoms with van der Waals surface area (Å²) in [5.41, 5.74) is 2.66. The van der Waals surface area contributed by atoms with Crippen molar-refractivity contribution < 1.29 is 14.6 Å².